The van der Waals surface area contributed by atoms with Crippen LogP contribution < -0.4 is 5.73 Å². The van der Waals surface area contributed by atoms with E-state index in [1.165, 1.54) is 0 Å². The minimum Gasteiger partial charge on any atom is -0.468 e. The van der Waals surface area contributed by atoms with E-state index < -0.39 is 0 Å². The number of hydrogen-bond acceptors (Lipinski definition) is 4. The first-order valence-corrected chi connectivity index (χ1v) is 5.70. The molecule has 0 amide bonds. The highest BCUT2D eigenvalue weighted by molar-refractivity contribution is 5.04. The highest BCUT2D eigenvalue weighted by Crippen LogP contribution is 2.18. The summed E-state index contributed by atoms with van der Waals surface area (Å²) < 4.78 is 10.9. The summed E-state index contributed by atoms with van der Waals surface area (Å²) in [6.07, 6.45) is 1.95. The molecule has 0 saturated carbocycles. The van der Waals surface area contributed by atoms with Gasteiger partial charge in [0.25, 0.3) is 0 Å². The third-order valence-electron chi connectivity index (χ3n) is 2.52. The summed E-state index contributed by atoms with van der Waals surface area (Å²) >= 11 is 0. The van der Waals surface area contributed by atoms with Gasteiger partial charge in [0.2, 0.25) is 0 Å². The van der Waals surface area contributed by atoms with Gasteiger partial charge in [-0.1, -0.05) is 0 Å². The van der Waals surface area contributed by atoms with Crippen molar-refractivity contribution in [3.05, 3.63) is 24.2 Å². The number of likely N-dealkylation sites (N-methyl/N-ethyl adjacent to an activating group) is 1. The zero-order valence-electron chi connectivity index (χ0n) is 10.3. The molecule has 1 rings (SSSR count). The van der Waals surface area contributed by atoms with E-state index in [-0.39, 0.29) is 12.1 Å². The van der Waals surface area contributed by atoms with Crippen LogP contribution in [0.1, 0.15) is 25.6 Å². The molecule has 0 aliphatic rings. The molecule has 1 aromatic rings. The summed E-state index contributed by atoms with van der Waals surface area (Å²) in [5, 5.41) is 0. The quantitative estimate of drug-likeness (QED) is 0.768. The van der Waals surface area contributed by atoms with Crippen LogP contribution in [0, 0.1) is 0 Å². The van der Waals surface area contributed by atoms with Crippen molar-refractivity contribution in [3.63, 3.8) is 0 Å². The molecule has 0 spiro atoms. The highest BCUT2D eigenvalue weighted by atomic mass is 16.5. The molecule has 4 heteroatoms. The summed E-state index contributed by atoms with van der Waals surface area (Å²) in [4.78, 5) is 2.15. The molecule has 16 heavy (non-hydrogen) atoms. The van der Waals surface area contributed by atoms with Gasteiger partial charge in [0.1, 0.15) is 5.76 Å². The second-order valence-electron chi connectivity index (χ2n) is 4.17. The highest BCUT2D eigenvalue weighted by Gasteiger charge is 2.17. The lowest BCUT2D eigenvalue weighted by molar-refractivity contribution is 0.0543. The monoisotopic (exact) mass is 226 g/mol. The fourth-order valence-corrected chi connectivity index (χ4v) is 1.58. The molecule has 0 radical (unpaired) electrons. The number of nitrogens with zero attached hydrogens (tertiary/aromatic N) is 1. The van der Waals surface area contributed by atoms with Crippen LogP contribution in [0.2, 0.25) is 0 Å². The molecular weight excluding hydrogens is 204 g/mol. The van der Waals surface area contributed by atoms with Crippen molar-refractivity contribution in [1.29, 1.82) is 0 Å². The van der Waals surface area contributed by atoms with Crippen LogP contribution >= 0.6 is 0 Å². The molecule has 1 heterocycles. The van der Waals surface area contributed by atoms with Crippen molar-refractivity contribution in [2.45, 2.75) is 26.0 Å². The molecule has 0 aliphatic carbocycles. The SMILES string of the molecule is CC(C)OCCN(C)C(CN)c1ccco1. The van der Waals surface area contributed by atoms with E-state index in [2.05, 4.69) is 4.90 Å². The zero-order valence-corrected chi connectivity index (χ0v) is 10.3. The summed E-state index contributed by atoms with van der Waals surface area (Å²) in [5.41, 5.74) is 5.75. The average molecular weight is 226 g/mol. The topological polar surface area (TPSA) is 51.6 Å². The first kappa shape index (κ1) is 13.2. The van der Waals surface area contributed by atoms with Crippen molar-refractivity contribution in [3.8, 4) is 0 Å². The minimum atomic E-state index is 0.130. The van der Waals surface area contributed by atoms with Gasteiger partial charge < -0.3 is 14.9 Å². The Kier molecular flexibility index (Phi) is 5.52. The van der Waals surface area contributed by atoms with E-state index in [9.17, 15) is 0 Å². The molecule has 0 saturated heterocycles. The van der Waals surface area contributed by atoms with Crippen LogP contribution in [0.3, 0.4) is 0 Å². The summed E-state index contributed by atoms with van der Waals surface area (Å²) in [6, 6.07) is 3.97. The Morgan fingerprint density at radius 1 is 1.50 bits per heavy atom. The third kappa shape index (κ3) is 3.96. The lowest BCUT2D eigenvalue weighted by Gasteiger charge is -2.25. The van der Waals surface area contributed by atoms with Crippen molar-refractivity contribution in [1.82, 2.24) is 4.90 Å². The molecule has 0 aromatic carbocycles. The van der Waals surface area contributed by atoms with Gasteiger partial charge in [-0.2, -0.15) is 0 Å². The van der Waals surface area contributed by atoms with Crippen LogP contribution in [0.15, 0.2) is 22.8 Å². The normalized spacial score (nSPS) is 13.6. The standard InChI is InChI=1S/C12H22N2O2/c1-10(2)15-8-6-14(3)11(9-13)12-5-4-7-16-12/h4-5,7,10-11H,6,8-9,13H2,1-3H3. The van der Waals surface area contributed by atoms with Gasteiger partial charge in [0.15, 0.2) is 0 Å². The molecule has 1 atom stereocenters. The van der Waals surface area contributed by atoms with Gasteiger partial charge in [-0.05, 0) is 33.0 Å². The van der Waals surface area contributed by atoms with E-state index in [4.69, 9.17) is 14.9 Å². The van der Waals surface area contributed by atoms with E-state index in [1.54, 1.807) is 6.26 Å². The molecule has 0 aliphatic heterocycles. The number of nitrogens with two attached hydrogens (primary N) is 1. The molecule has 0 fully saturated rings. The minimum absolute atomic E-state index is 0.130. The molecule has 92 valence electrons. The molecule has 1 unspecified atom stereocenters. The first-order valence-electron chi connectivity index (χ1n) is 5.70. The molecule has 0 bridgehead atoms. The van der Waals surface area contributed by atoms with E-state index in [0.717, 1.165) is 12.3 Å². The summed E-state index contributed by atoms with van der Waals surface area (Å²) in [5.74, 6) is 0.912. The van der Waals surface area contributed by atoms with Gasteiger partial charge in [-0.25, -0.2) is 0 Å². The number of hydrogen-bond donors (Lipinski definition) is 1. The van der Waals surface area contributed by atoms with Gasteiger partial charge in [-0.15, -0.1) is 0 Å². The van der Waals surface area contributed by atoms with Crippen molar-refractivity contribution < 1.29 is 9.15 Å². The third-order valence-corrected chi connectivity index (χ3v) is 2.52. The zero-order chi connectivity index (χ0) is 12.0. The van der Waals surface area contributed by atoms with E-state index >= 15 is 0 Å². The van der Waals surface area contributed by atoms with Crippen molar-refractivity contribution in [2.24, 2.45) is 5.73 Å². The number of furan rings is 1. The second kappa shape index (κ2) is 6.68. The molecular formula is C12H22N2O2. The van der Waals surface area contributed by atoms with Gasteiger partial charge in [0.05, 0.1) is 25.0 Å². The fraction of sp³-hybridized carbons (Fsp3) is 0.667. The van der Waals surface area contributed by atoms with Crippen LogP contribution in [0.25, 0.3) is 0 Å². The maximum Gasteiger partial charge on any atom is 0.122 e. The number of rotatable bonds is 7. The average Bonchev–Trinajstić information content (AvgIpc) is 2.71. The predicted molar refractivity (Wildman–Crippen MR) is 64.2 cm³/mol. The second-order valence-corrected chi connectivity index (χ2v) is 4.17. The molecule has 1 aromatic heterocycles. The Morgan fingerprint density at radius 3 is 2.75 bits per heavy atom. The first-order chi connectivity index (χ1) is 7.65. The lowest BCUT2D eigenvalue weighted by Crippen LogP contribution is -2.33. The molecule has 2 N–H and O–H groups in total. The Balaban J connectivity index is 2.41. The maximum absolute atomic E-state index is 5.75. The molecule has 4 nitrogen and oxygen atoms in total. The Hall–Kier alpha value is -0.840. The van der Waals surface area contributed by atoms with Gasteiger partial charge >= 0.3 is 0 Å². The fourth-order valence-electron chi connectivity index (χ4n) is 1.58. The maximum atomic E-state index is 5.75. The predicted octanol–water partition coefficient (Wildman–Crippen LogP) is 1.64. The van der Waals surface area contributed by atoms with Gasteiger partial charge in [-0.3, -0.25) is 4.90 Å². The number of ether oxygens (including phenoxy) is 1. The Morgan fingerprint density at radius 2 is 2.25 bits per heavy atom. The summed E-state index contributed by atoms with van der Waals surface area (Å²) in [7, 11) is 2.03. The van der Waals surface area contributed by atoms with Gasteiger partial charge in [0, 0.05) is 13.1 Å². The van der Waals surface area contributed by atoms with Crippen LogP contribution in [0.4, 0.5) is 0 Å². The Labute approximate surface area is 97.4 Å². The Bertz CT molecular complexity index is 273. The van der Waals surface area contributed by atoms with Crippen molar-refractivity contribution >= 4 is 0 Å². The van der Waals surface area contributed by atoms with Crippen molar-refractivity contribution in [2.75, 3.05) is 26.7 Å². The van der Waals surface area contributed by atoms with Crippen LogP contribution in [-0.4, -0.2) is 37.7 Å². The van der Waals surface area contributed by atoms with Crippen LogP contribution in [-0.2, 0) is 4.74 Å². The van der Waals surface area contributed by atoms with E-state index in [1.807, 2.05) is 33.0 Å². The van der Waals surface area contributed by atoms with E-state index in [0.29, 0.717) is 13.2 Å². The van der Waals surface area contributed by atoms with Crippen LogP contribution in [0.5, 0.6) is 0 Å². The smallest absolute Gasteiger partial charge is 0.122 e. The lowest BCUT2D eigenvalue weighted by atomic mass is 10.2. The summed E-state index contributed by atoms with van der Waals surface area (Å²) in [6.45, 7) is 6.18. The largest absolute Gasteiger partial charge is 0.468 e.